The van der Waals surface area contributed by atoms with Gasteiger partial charge in [0.05, 0.1) is 11.8 Å². The molecule has 24 heavy (non-hydrogen) atoms. The zero-order valence-corrected chi connectivity index (χ0v) is 14.6. The van der Waals surface area contributed by atoms with Crippen LogP contribution in [0.4, 0.5) is 4.39 Å². The summed E-state index contributed by atoms with van der Waals surface area (Å²) in [7, 11) is 5.86. The van der Waals surface area contributed by atoms with Gasteiger partial charge >= 0.3 is 0 Å². The van der Waals surface area contributed by atoms with Gasteiger partial charge in [-0.2, -0.15) is 0 Å². The van der Waals surface area contributed by atoms with Crippen LogP contribution in [0.1, 0.15) is 40.0 Å². The van der Waals surface area contributed by atoms with E-state index in [0.29, 0.717) is 12.1 Å². The van der Waals surface area contributed by atoms with Crippen molar-refractivity contribution in [3.63, 3.8) is 0 Å². The van der Waals surface area contributed by atoms with E-state index in [4.69, 9.17) is 7.85 Å². The number of alkyl halides is 1. The number of hydrogen-bond acceptors (Lipinski definition) is 2. The maximum Gasteiger partial charge on any atom is 0.233 e. The molecule has 3 fully saturated rings. The topological polar surface area (TPSA) is 49.4 Å². The molecule has 5 unspecified atom stereocenters. The molecule has 128 valence electrons. The molecule has 2 aliphatic heterocycles. The largest absolute Gasteiger partial charge is 0.329 e. The Hall–Kier alpha value is -1.59. The molecule has 1 N–H and O–H groups in total. The Bertz CT molecular complexity index is 641. The van der Waals surface area contributed by atoms with Crippen molar-refractivity contribution in [1.82, 2.24) is 10.2 Å². The lowest BCUT2D eigenvalue weighted by molar-refractivity contribution is -0.136. The quantitative estimate of drug-likeness (QED) is 0.804. The predicted molar refractivity (Wildman–Crippen MR) is 90.4 cm³/mol. The Morgan fingerprint density at radius 1 is 1.33 bits per heavy atom. The van der Waals surface area contributed by atoms with Crippen molar-refractivity contribution >= 4 is 19.7 Å². The van der Waals surface area contributed by atoms with Gasteiger partial charge < -0.3 is 10.2 Å². The number of hydrogen-bond donors (Lipinski definition) is 1. The van der Waals surface area contributed by atoms with Crippen LogP contribution in [0.25, 0.3) is 0 Å². The van der Waals surface area contributed by atoms with E-state index < -0.39 is 23.4 Å². The van der Waals surface area contributed by atoms with Crippen LogP contribution in [-0.2, 0) is 9.59 Å². The minimum Gasteiger partial charge on any atom is -0.329 e. The fourth-order valence-corrected chi connectivity index (χ4v) is 4.53. The second-order valence-corrected chi connectivity index (χ2v) is 7.63. The zero-order valence-electron chi connectivity index (χ0n) is 14.6. The van der Waals surface area contributed by atoms with Crippen LogP contribution in [0.3, 0.4) is 0 Å². The molecular formula is C18H24BFN2O2. The van der Waals surface area contributed by atoms with Gasteiger partial charge in [0.15, 0.2) is 0 Å². The molecule has 2 saturated heterocycles. The van der Waals surface area contributed by atoms with E-state index >= 15 is 4.39 Å². The van der Waals surface area contributed by atoms with E-state index in [-0.39, 0.29) is 28.8 Å². The van der Waals surface area contributed by atoms with Crippen LogP contribution < -0.4 is 5.32 Å². The number of nitrogens with zero attached hydrogens (tertiary/aromatic N) is 1. The number of rotatable bonds is 4. The molecule has 6 heteroatoms. The minimum absolute atomic E-state index is 0.0357. The summed E-state index contributed by atoms with van der Waals surface area (Å²) in [5.74, 6) is -2.12. The third kappa shape index (κ3) is 2.04. The summed E-state index contributed by atoms with van der Waals surface area (Å²) in [6.45, 7) is 13.2. The molecule has 3 aliphatic rings. The van der Waals surface area contributed by atoms with E-state index in [1.54, 1.807) is 6.92 Å². The monoisotopic (exact) mass is 330 g/mol. The Morgan fingerprint density at radius 2 is 1.92 bits per heavy atom. The van der Waals surface area contributed by atoms with Crippen molar-refractivity contribution in [3.8, 4) is 0 Å². The second-order valence-electron chi connectivity index (χ2n) is 7.63. The molecule has 2 amide bonds. The molecule has 3 rings (SSSR count). The molecule has 1 aliphatic carbocycles. The number of likely N-dealkylation sites (tertiary alicyclic amines) is 1. The molecule has 2 heterocycles. The number of allylic oxidation sites excluding steroid dienone is 2. The van der Waals surface area contributed by atoms with Gasteiger partial charge in [0.25, 0.3) is 0 Å². The zero-order chi connectivity index (χ0) is 18.0. The molecule has 0 aromatic rings. The second kappa shape index (κ2) is 5.20. The average molecular weight is 330 g/mol. The Kier molecular flexibility index (Phi) is 3.74. The van der Waals surface area contributed by atoms with Gasteiger partial charge in [-0.05, 0) is 25.7 Å². The lowest BCUT2D eigenvalue weighted by Crippen LogP contribution is -2.44. The van der Waals surface area contributed by atoms with Gasteiger partial charge in [-0.15, -0.1) is 0 Å². The highest BCUT2D eigenvalue weighted by atomic mass is 19.1. The van der Waals surface area contributed by atoms with Crippen LogP contribution in [0.5, 0.6) is 0 Å². The number of nitrogens with one attached hydrogen (secondary N) is 1. The molecular weight excluding hydrogens is 306 g/mol. The van der Waals surface area contributed by atoms with E-state index in [9.17, 15) is 9.59 Å². The summed E-state index contributed by atoms with van der Waals surface area (Å²) in [5, 5.41) is 2.79. The summed E-state index contributed by atoms with van der Waals surface area (Å²) >= 11 is 0. The molecule has 5 atom stereocenters. The van der Waals surface area contributed by atoms with Crippen molar-refractivity contribution in [2.45, 2.75) is 51.6 Å². The third-order valence-corrected chi connectivity index (χ3v) is 6.33. The van der Waals surface area contributed by atoms with Crippen LogP contribution in [0, 0.1) is 23.2 Å². The normalized spacial score (nSPS) is 37.1. The molecule has 0 bridgehead atoms. The van der Waals surface area contributed by atoms with Gasteiger partial charge in [0, 0.05) is 22.9 Å². The highest BCUT2D eigenvalue weighted by Crippen LogP contribution is 2.61. The predicted octanol–water partition coefficient (Wildman–Crippen LogP) is 2.27. The first kappa shape index (κ1) is 17.2. The first-order valence-corrected chi connectivity index (χ1v) is 8.60. The van der Waals surface area contributed by atoms with Crippen LogP contribution in [0.15, 0.2) is 24.6 Å². The molecule has 1 spiro atoms. The number of amides is 2. The summed E-state index contributed by atoms with van der Waals surface area (Å²) in [6.07, 6.45) is 2.35. The summed E-state index contributed by atoms with van der Waals surface area (Å²) in [4.78, 5) is 26.7. The highest BCUT2D eigenvalue weighted by Gasteiger charge is 2.64. The minimum atomic E-state index is -2.27. The fraction of sp³-hybridized carbons (Fsp3) is 0.667. The summed E-state index contributed by atoms with van der Waals surface area (Å²) < 4.78 is 15.1. The van der Waals surface area contributed by atoms with E-state index in [2.05, 4.69) is 18.5 Å². The molecule has 4 nitrogen and oxygen atoms in total. The lowest BCUT2D eigenvalue weighted by Gasteiger charge is -2.33. The highest BCUT2D eigenvalue weighted by molar-refractivity contribution is 6.20. The number of carbonyl (C=O) groups excluding carboxylic acids is 2. The molecule has 0 aromatic carbocycles. The lowest BCUT2D eigenvalue weighted by atomic mass is 9.68. The van der Waals surface area contributed by atoms with Crippen LogP contribution >= 0.6 is 0 Å². The Balaban J connectivity index is 1.95. The average Bonchev–Trinajstić information content (AvgIpc) is 3.19. The van der Waals surface area contributed by atoms with Crippen molar-refractivity contribution < 1.29 is 14.0 Å². The standard InChI is InChI=1S/C18H24BFN2O2/c1-6-9(2)13-16(24)22(12(5)18(13,19)20)10(3)14-15(23)21-11(4)17(14)7-8-17/h9-10,13-14H,4-8H2,1-3H3,(H,21,23). The maximum atomic E-state index is 15.1. The van der Waals surface area contributed by atoms with Gasteiger partial charge in [0.2, 0.25) is 11.8 Å². The first-order valence-electron chi connectivity index (χ1n) is 8.60. The Labute approximate surface area is 143 Å². The van der Waals surface area contributed by atoms with Crippen molar-refractivity contribution in [2.75, 3.05) is 0 Å². The smallest absolute Gasteiger partial charge is 0.233 e. The number of carbonyl (C=O) groups is 2. The van der Waals surface area contributed by atoms with Gasteiger partial charge in [0.1, 0.15) is 13.4 Å². The van der Waals surface area contributed by atoms with E-state index in [1.807, 2.05) is 13.8 Å². The summed E-state index contributed by atoms with van der Waals surface area (Å²) in [5.41, 5.74) is -1.91. The molecule has 0 aromatic heterocycles. The van der Waals surface area contributed by atoms with Crippen LogP contribution in [0.2, 0.25) is 0 Å². The number of halogens is 1. The van der Waals surface area contributed by atoms with Gasteiger partial charge in [-0.1, -0.05) is 33.4 Å². The molecule has 2 radical (unpaired) electrons. The first-order chi connectivity index (χ1) is 11.1. The van der Waals surface area contributed by atoms with Gasteiger partial charge in [-0.3, -0.25) is 9.59 Å². The van der Waals surface area contributed by atoms with Crippen molar-refractivity contribution in [3.05, 3.63) is 24.6 Å². The fourth-order valence-electron chi connectivity index (χ4n) is 4.53. The van der Waals surface area contributed by atoms with Crippen LogP contribution in [-0.4, -0.2) is 36.2 Å². The molecule has 1 saturated carbocycles. The SMILES string of the molecule is [B]C1(F)C(=C)N(C(C)C2C(=O)NC(=C)C23CC3)C(=O)C1C(C)CC. The van der Waals surface area contributed by atoms with Gasteiger partial charge in [-0.25, -0.2) is 4.39 Å². The van der Waals surface area contributed by atoms with Crippen molar-refractivity contribution in [2.24, 2.45) is 23.2 Å². The van der Waals surface area contributed by atoms with E-state index in [0.717, 1.165) is 12.8 Å². The van der Waals surface area contributed by atoms with Crippen molar-refractivity contribution in [1.29, 1.82) is 0 Å². The summed E-state index contributed by atoms with van der Waals surface area (Å²) in [6, 6.07) is -0.500. The third-order valence-electron chi connectivity index (χ3n) is 6.33. The van der Waals surface area contributed by atoms with E-state index in [1.165, 1.54) is 4.90 Å². The maximum absolute atomic E-state index is 15.1. The Morgan fingerprint density at radius 3 is 2.42 bits per heavy atom.